The molecule has 0 unspecified atom stereocenters. The number of hydrogen-bond donors (Lipinski definition) is 3. The number of aryl methyl sites for hydroxylation is 2. The van der Waals surface area contributed by atoms with Gasteiger partial charge in [-0.3, -0.25) is 14.7 Å². The summed E-state index contributed by atoms with van der Waals surface area (Å²) in [6.07, 6.45) is 11.0. The predicted molar refractivity (Wildman–Crippen MR) is 227 cm³/mol. The maximum atomic E-state index is 13.1. The number of thiazole rings is 2. The molecule has 4 aromatic rings. The van der Waals surface area contributed by atoms with E-state index in [2.05, 4.69) is 95.6 Å². The molecule has 14 heteroatoms. The molecule has 2 aromatic carbocycles. The van der Waals surface area contributed by atoms with E-state index < -0.39 is 12.1 Å². The molecular weight excluding hydrogens is 747 g/mol. The average Bonchev–Trinajstić information content (AvgIpc) is 3.92. The van der Waals surface area contributed by atoms with Crippen LogP contribution >= 0.6 is 22.7 Å². The number of morpholine rings is 1. The lowest BCUT2D eigenvalue weighted by atomic mass is 10.1. The summed E-state index contributed by atoms with van der Waals surface area (Å²) in [6.45, 7) is 13.4. The zero-order chi connectivity index (χ0) is 41.0. The van der Waals surface area contributed by atoms with Crippen LogP contribution in [0.2, 0.25) is 0 Å². The Morgan fingerprint density at radius 1 is 0.929 bits per heavy atom. The summed E-state index contributed by atoms with van der Waals surface area (Å²) in [7, 11) is 1.70. The first-order valence-electron chi connectivity index (χ1n) is 18.8. The number of terminal acetylenes is 1. The molecule has 0 aliphatic carbocycles. The van der Waals surface area contributed by atoms with Crippen molar-refractivity contribution >= 4 is 40.7 Å². The van der Waals surface area contributed by atoms with Crippen LogP contribution in [0.15, 0.2) is 77.8 Å². The van der Waals surface area contributed by atoms with Gasteiger partial charge in [-0.25, -0.2) is 14.6 Å². The van der Waals surface area contributed by atoms with Gasteiger partial charge in [0.25, 0.3) is 0 Å². The molecule has 1 atom stereocenters. The van der Waals surface area contributed by atoms with Crippen molar-refractivity contribution in [3.05, 3.63) is 104 Å². The molecule has 4 amide bonds. The molecule has 0 spiro atoms. The van der Waals surface area contributed by atoms with Crippen LogP contribution in [0.1, 0.15) is 65.7 Å². The number of hydrogen-bond acceptors (Lipinski definition) is 10. The Morgan fingerprint density at radius 3 is 2.05 bits per heavy atom. The Bertz CT molecular complexity index is 1610. The van der Waals surface area contributed by atoms with Gasteiger partial charge in [-0.05, 0) is 33.1 Å². The lowest BCUT2D eigenvalue weighted by Crippen LogP contribution is -2.52. The Hall–Kier alpha value is -4.81. The number of amides is 4. The molecule has 56 heavy (non-hydrogen) atoms. The van der Waals surface area contributed by atoms with Crippen LogP contribution < -0.4 is 16.0 Å². The smallest absolute Gasteiger partial charge is 0.407 e. The predicted octanol–water partition coefficient (Wildman–Crippen LogP) is 7.02. The number of rotatable bonds is 15. The van der Waals surface area contributed by atoms with Gasteiger partial charge in [-0.1, -0.05) is 85.6 Å². The first kappa shape index (κ1) is 47.3. The molecule has 0 bridgehead atoms. The molecule has 12 nitrogen and oxygen atoms in total. The summed E-state index contributed by atoms with van der Waals surface area (Å²) >= 11 is 3.02. The first-order valence-corrected chi connectivity index (χ1v) is 20.5. The second kappa shape index (κ2) is 28.6. The van der Waals surface area contributed by atoms with Crippen molar-refractivity contribution in [3.63, 3.8) is 0 Å². The minimum atomic E-state index is -0.667. The van der Waals surface area contributed by atoms with Crippen LogP contribution in [0, 0.1) is 26.7 Å². The molecule has 304 valence electrons. The van der Waals surface area contributed by atoms with E-state index in [0.717, 1.165) is 28.7 Å². The van der Waals surface area contributed by atoms with Gasteiger partial charge in [-0.2, -0.15) is 0 Å². The van der Waals surface area contributed by atoms with Crippen molar-refractivity contribution in [3.8, 4) is 12.8 Å². The number of ether oxygens (including phenoxy) is 2. The fraction of sp³-hybridized carbons (Fsp3) is 0.452. The number of unbranched alkanes of at least 4 members (excludes halogenated alkanes) is 1. The minimum Gasteiger partial charge on any atom is -0.444 e. The maximum Gasteiger partial charge on any atom is 0.407 e. The molecule has 0 radical (unpaired) electrons. The van der Waals surface area contributed by atoms with Crippen LogP contribution in [-0.4, -0.2) is 96.8 Å². The van der Waals surface area contributed by atoms with Crippen LogP contribution in [0.25, 0.3) is 0 Å². The average molecular weight is 806 g/mol. The van der Waals surface area contributed by atoms with Crippen LogP contribution in [0.5, 0.6) is 0 Å². The fourth-order valence-electron chi connectivity index (χ4n) is 4.98. The maximum absolute atomic E-state index is 13.1. The number of nitrogens with zero attached hydrogens (tertiary/aromatic N) is 4. The van der Waals surface area contributed by atoms with Crippen molar-refractivity contribution in [2.45, 2.75) is 72.1 Å². The lowest BCUT2D eigenvalue weighted by molar-refractivity contribution is -0.123. The van der Waals surface area contributed by atoms with Crippen molar-refractivity contribution < 1.29 is 23.9 Å². The quantitative estimate of drug-likeness (QED) is 0.0862. The minimum absolute atomic E-state index is 0.196. The van der Waals surface area contributed by atoms with Crippen LogP contribution in [0.3, 0.4) is 0 Å². The molecule has 1 aliphatic rings. The summed E-state index contributed by atoms with van der Waals surface area (Å²) in [5.41, 5.74) is 5.17. The zero-order valence-corrected chi connectivity index (χ0v) is 35.1. The number of alkyl carbamates (subject to hydrolysis) is 1. The lowest BCUT2D eigenvalue weighted by Gasteiger charge is -2.29. The molecule has 3 heterocycles. The Kier molecular flexibility index (Phi) is 24.2. The van der Waals surface area contributed by atoms with Gasteiger partial charge in [0, 0.05) is 57.3 Å². The summed E-state index contributed by atoms with van der Waals surface area (Å²) in [6, 6.07) is 19.5. The normalized spacial score (nSPS) is 12.6. The number of benzene rings is 2. The van der Waals surface area contributed by atoms with Gasteiger partial charge in [0.05, 0.1) is 40.8 Å². The number of aromatic nitrogens is 2. The van der Waals surface area contributed by atoms with Crippen LogP contribution in [-0.2, 0) is 27.4 Å². The number of carbonyl (C=O) groups excluding carboxylic acids is 3. The van der Waals surface area contributed by atoms with Crippen molar-refractivity contribution in [1.29, 1.82) is 0 Å². The van der Waals surface area contributed by atoms with Gasteiger partial charge >= 0.3 is 12.1 Å². The molecule has 5 rings (SSSR count). The van der Waals surface area contributed by atoms with E-state index >= 15 is 0 Å². The van der Waals surface area contributed by atoms with Gasteiger partial charge in [0.1, 0.15) is 12.6 Å². The molecule has 1 aliphatic heterocycles. The first-order chi connectivity index (χ1) is 27.1. The highest BCUT2D eigenvalue weighted by atomic mass is 32.1. The summed E-state index contributed by atoms with van der Waals surface area (Å²) in [4.78, 5) is 51.0. The Morgan fingerprint density at radius 2 is 1.54 bits per heavy atom. The highest BCUT2D eigenvalue weighted by Gasteiger charge is 2.24. The van der Waals surface area contributed by atoms with E-state index in [1.807, 2.05) is 41.8 Å². The Labute approximate surface area is 341 Å². The second-order valence-corrected chi connectivity index (χ2v) is 15.1. The number of nitrogens with one attached hydrogen (secondary N) is 3. The SMILES string of the molecule is C#C.CC(C)c1nc(CN(C)C(=O)N[C@@H](CCN2CCOCC2)C(=O)NCCCCNC(=O)OCc2cncs2)cs1.Cc1ccccc1.Cc1ccccc1. The van der Waals surface area contributed by atoms with Crippen molar-refractivity contribution in [1.82, 2.24) is 35.7 Å². The van der Waals surface area contributed by atoms with Gasteiger partial charge < -0.3 is 30.3 Å². The number of urea groups is 1. The summed E-state index contributed by atoms with van der Waals surface area (Å²) < 4.78 is 10.6. The Balaban J connectivity index is 0.000000557. The van der Waals surface area contributed by atoms with E-state index in [9.17, 15) is 14.4 Å². The van der Waals surface area contributed by atoms with Crippen molar-refractivity contribution in [2.75, 3.05) is 53.0 Å². The van der Waals surface area contributed by atoms with E-state index in [4.69, 9.17) is 9.47 Å². The van der Waals surface area contributed by atoms with Crippen molar-refractivity contribution in [2.24, 2.45) is 0 Å². The third-order valence-corrected chi connectivity index (χ3v) is 10.1. The van der Waals surface area contributed by atoms with E-state index in [1.54, 1.807) is 35.0 Å². The van der Waals surface area contributed by atoms with Gasteiger partial charge in [0.2, 0.25) is 5.91 Å². The highest BCUT2D eigenvalue weighted by molar-refractivity contribution is 7.09. The van der Waals surface area contributed by atoms with E-state index in [0.29, 0.717) is 64.6 Å². The molecule has 1 saturated heterocycles. The van der Waals surface area contributed by atoms with Gasteiger partial charge in [-0.15, -0.1) is 35.5 Å². The van der Waals surface area contributed by atoms with E-state index in [1.165, 1.54) is 22.5 Å². The summed E-state index contributed by atoms with van der Waals surface area (Å²) in [5, 5.41) is 11.6. The molecule has 1 fully saturated rings. The third kappa shape index (κ3) is 20.8. The standard InChI is InChI=1S/C26H41N7O5S2.2C7H8.C2H2/c1-19(2)24-30-20(17-39-24)15-32(3)25(35)31-22(6-9-33-10-12-37-13-11-33)23(34)28-7-4-5-8-29-26(36)38-16-21-14-27-18-40-21;2*1-7-5-3-2-4-6-7;1-2/h14,17-19,22H,4-13,15-16H2,1-3H3,(H,28,34)(H,29,36)(H,31,35);2*2-6H,1H3;1-2H/t22-;;;/m0.../s1. The molecular formula is C42H59N7O5S2. The number of carbonyl (C=O) groups is 3. The monoisotopic (exact) mass is 805 g/mol. The van der Waals surface area contributed by atoms with E-state index in [-0.39, 0.29) is 18.5 Å². The third-order valence-electron chi connectivity index (χ3n) is 8.14. The highest BCUT2D eigenvalue weighted by Crippen LogP contribution is 2.20. The fourth-order valence-corrected chi connectivity index (χ4v) is 6.32. The van der Waals surface area contributed by atoms with Gasteiger partial charge in [0.15, 0.2) is 0 Å². The largest absolute Gasteiger partial charge is 0.444 e. The van der Waals surface area contributed by atoms with Crippen LogP contribution in [0.4, 0.5) is 9.59 Å². The molecule has 2 aromatic heterocycles. The zero-order valence-electron chi connectivity index (χ0n) is 33.4. The second-order valence-electron chi connectivity index (χ2n) is 13.2. The molecule has 3 N–H and O–H groups in total. The topological polar surface area (TPSA) is 138 Å². The summed E-state index contributed by atoms with van der Waals surface area (Å²) in [5.74, 6) is 0.118. The molecule has 0 saturated carbocycles.